The van der Waals surface area contributed by atoms with Gasteiger partial charge in [-0.3, -0.25) is 4.79 Å². The third-order valence-electron chi connectivity index (χ3n) is 1.70. The van der Waals surface area contributed by atoms with Crippen molar-refractivity contribution in [3.63, 3.8) is 0 Å². The van der Waals surface area contributed by atoms with E-state index in [2.05, 4.69) is 4.98 Å². The molecule has 0 saturated carbocycles. The number of halogens is 3. The molecule has 0 fully saturated rings. The molecule has 0 aromatic carbocycles. The van der Waals surface area contributed by atoms with Crippen molar-refractivity contribution in [1.82, 2.24) is 4.98 Å². The summed E-state index contributed by atoms with van der Waals surface area (Å²) in [5.74, 6) is -4.61. The Balaban J connectivity index is 3.26. The Bertz CT molecular complexity index is 381. The molecule has 0 aliphatic heterocycles. The van der Waals surface area contributed by atoms with Gasteiger partial charge in [0, 0.05) is 20.0 Å². The molecular weight excluding hydrogens is 197 g/mol. The van der Waals surface area contributed by atoms with Crippen molar-refractivity contribution in [3.8, 4) is 0 Å². The second kappa shape index (κ2) is 3.65. The molecule has 76 valence electrons. The van der Waals surface area contributed by atoms with Crippen LogP contribution in [0.5, 0.6) is 0 Å². The molecule has 0 unspecified atom stereocenters. The molecule has 0 saturated heterocycles. The first-order chi connectivity index (χ1) is 6.43. The second-order valence-corrected chi connectivity index (χ2v) is 2.65. The summed E-state index contributed by atoms with van der Waals surface area (Å²) >= 11 is 0. The Morgan fingerprint density at radius 1 is 1.43 bits per heavy atom. The molecule has 0 spiro atoms. The van der Waals surface area contributed by atoms with Gasteiger partial charge in [-0.1, -0.05) is 0 Å². The molecule has 0 atom stereocenters. The maximum Gasteiger partial charge on any atom is 0.253 e. The average Bonchev–Trinajstić information content (AvgIpc) is 2.09. The lowest BCUT2D eigenvalue weighted by Crippen LogP contribution is -2.24. The number of nitrogens with zero attached hydrogens (tertiary/aromatic N) is 2. The van der Waals surface area contributed by atoms with Gasteiger partial charge in [-0.15, -0.1) is 0 Å². The van der Waals surface area contributed by atoms with Crippen molar-refractivity contribution in [2.45, 2.75) is 6.92 Å². The highest BCUT2D eigenvalue weighted by atomic mass is 19.2. The number of aromatic nitrogens is 1. The molecule has 1 aromatic heterocycles. The highest BCUT2D eigenvalue weighted by Gasteiger charge is 2.17. The minimum atomic E-state index is -1.56. The highest BCUT2D eigenvalue weighted by molar-refractivity contribution is 5.90. The zero-order valence-corrected chi connectivity index (χ0v) is 7.51. The van der Waals surface area contributed by atoms with Crippen LogP contribution >= 0.6 is 0 Å². The molecule has 1 heterocycles. The van der Waals surface area contributed by atoms with Gasteiger partial charge in [0.2, 0.25) is 17.7 Å². The quantitative estimate of drug-likeness (QED) is 0.649. The SMILES string of the molecule is CC(=O)N(C)c1cc(F)nc(F)c1F. The average molecular weight is 204 g/mol. The maximum atomic E-state index is 13.0. The Kier molecular flexibility index (Phi) is 2.73. The zero-order chi connectivity index (χ0) is 10.9. The van der Waals surface area contributed by atoms with Crippen LogP contribution in [0.1, 0.15) is 6.92 Å². The summed E-state index contributed by atoms with van der Waals surface area (Å²) in [6.07, 6.45) is 0. The minimum Gasteiger partial charge on any atom is -0.313 e. The van der Waals surface area contributed by atoms with Crippen LogP contribution in [-0.2, 0) is 4.79 Å². The summed E-state index contributed by atoms with van der Waals surface area (Å²) in [6.45, 7) is 1.15. The van der Waals surface area contributed by atoms with E-state index < -0.39 is 29.3 Å². The number of amides is 1. The van der Waals surface area contributed by atoms with E-state index in [-0.39, 0.29) is 0 Å². The van der Waals surface area contributed by atoms with Crippen LogP contribution in [0, 0.1) is 17.7 Å². The largest absolute Gasteiger partial charge is 0.313 e. The van der Waals surface area contributed by atoms with Crippen LogP contribution in [0.4, 0.5) is 18.9 Å². The summed E-state index contributed by atoms with van der Waals surface area (Å²) in [4.78, 5) is 14.2. The Morgan fingerprint density at radius 3 is 2.50 bits per heavy atom. The van der Waals surface area contributed by atoms with Gasteiger partial charge in [0.1, 0.15) is 0 Å². The van der Waals surface area contributed by atoms with Crippen LogP contribution in [0.3, 0.4) is 0 Å². The normalized spacial score (nSPS) is 10.1. The van der Waals surface area contributed by atoms with Gasteiger partial charge in [-0.25, -0.2) is 0 Å². The van der Waals surface area contributed by atoms with Crippen LogP contribution in [0.25, 0.3) is 0 Å². The first-order valence-corrected chi connectivity index (χ1v) is 3.69. The molecular formula is C8H7F3N2O. The van der Waals surface area contributed by atoms with Crippen LogP contribution in [0.2, 0.25) is 0 Å². The molecule has 0 radical (unpaired) electrons. The third-order valence-corrected chi connectivity index (χ3v) is 1.70. The van der Waals surface area contributed by atoms with Crippen LogP contribution < -0.4 is 4.90 Å². The molecule has 0 aliphatic rings. The Labute approximate surface area is 78.2 Å². The fourth-order valence-electron chi connectivity index (χ4n) is 0.871. The van der Waals surface area contributed by atoms with E-state index in [9.17, 15) is 18.0 Å². The number of hydrogen-bond donors (Lipinski definition) is 0. The minimum absolute atomic E-state index is 0.470. The van der Waals surface area contributed by atoms with Crippen LogP contribution in [-0.4, -0.2) is 17.9 Å². The Morgan fingerprint density at radius 2 is 2.00 bits per heavy atom. The van der Waals surface area contributed by atoms with Crippen molar-refractivity contribution in [2.75, 3.05) is 11.9 Å². The van der Waals surface area contributed by atoms with E-state index in [1.54, 1.807) is 0 Å². The maximum absolute atomic E-state index is 13.0. The zero-order valence-electron chi connectivity index (χ0n) is 7.51. The first-order valence-electron chi connectivity index (χ1n) is 3.69. The molecule has 6 heteroatoms. The predicted molar refractivity (Wildman–Crippen MR) is 43.2 cm³/mol. The first kappa shape index (κ1) is 10.5. The van der Waals surface area contributed by atoms with Gasteiger partial charge >= 0.3 is 0 Å². The van der Waals surface area contributed by atoms with E-state index in [4.69, 9.17) is 0 Å². The highest BCUT2D eigenvalue weighted by Crippen LogP contribution is 2.20. The number of carbonyl (C=O) groups is 1. The van der Waals surface area contributed by atoms with Gasteiger partial charge in [-0.05, 0) is 0 Å². The number of hydrogen-bond acceptors (Lipinski definition) is 2. The summed E-state index contributed by atoms with van der Waals surface area (Å²) in [6, 6.07) is 0.653. The van der Waals surface area contributed by atoms with Crippen LogP contribution in [0.15, 0.2) is 6.07 Å². The third kappa shape index (κ3) is 1.84. The predicted octanol–water partition coefficient (Wildman–Crippen LogP) is 1.48. The van der Waals surface area contributed by atoms with E-state index in [1.165, 1.54) is 7.05 Å². The van der Waals surface area contributed by atoms with Crippen molar-refractivity contribution in [1.29, 1.82) is 0 Å². The lowest BCUT2D eigenvalue weighted by Gasteiger charge is -2.15. The summed E-state index contributed by atoms with van der Waals surface area (Å²) in [5, 5.41) is 0. The van der Waals surface area contributed by atoms with E-state index in [0.29, 0.717) is 6.07 Å². The van der Waals surface area contributed by atoms with Gasteiger partial charge in [0.15, 0.2) is 0 Å². The number of carbonyl (C=O) groups excluding carboxylic acids is 1. The monoisotopic (exact) mass is 204 g/mol. The molecule has 14 heavy (non-hydrogen) atoms. The van der Waals surface area contributed by atoms with E-state index in [1.807, 2.05) is 0 Å². The standard InChI is InChI=1S/C8H7F3N2O/c1-4(14)13(2)5-3-6(9)12-8(11)7(5)10/h3H,1-2H3. The number of rotatable bonds is 1. The second-order valence-electron chi connectivity index (χ2n) is 2.65. The van der Waals surface area contributed by atoms with Gasteiger partial charge < -0.3 is 4.90 Å². The molecule has 0 bridgehead atoms. The van der Waals surface area contributed by atoms with Gasteiger partial charge in [0.05, 0.1) is 5.69 Å². The topological polar surface area (TPSA) is 33.2 Å². The molecule has 0 N–H and O–H groups in total. The van der Waals surface area contributed by atoms with Crippen molar-refractivity contribution in [2.24, 2.45) is 0 Å². The van der Waals surface area contributed by atoms with Crippen molar-refractivity contribution in [3.05, 3.63) is 23.8 Å². The van der Waals surface area contributed by atoms with Crippen molar-refractivity contribution >= 4 is 11.6 Å². The van der Waals surface area contributed by atoms with Gasteiger partial charge in [-0.2, -0.15) is 18.2 Å². The molecule has 1 amide bonds. The number of pyridine rings is 1. The molecule has 1 aromatic rings. The van der Waals surface area contributed by atoms with E-state index in [0.717, 1.165) is 11.8 Å². The number of anilines is 1. The molecule has 3 nitrogen and oxygen atoms in total. The summed E-state index contributed by atoms with van der Waals surface area (Å²) < 4.78 is 38.2. The fourth-order valence-corrected chi connectivity index (χ4v) is 0.871. The van der Waals surface area contributed by atoms with Crippen molar-refractivity contribution < 1.29 is 18.0 Å². The Hall–Kier alpha value is -1.59. The summed E-state index contributed by atoms with van der Waals surface area (Å²) in [7, 11) is 1.21. The molecule has 0 aliphatic carbocycles. The van der Waals surface area contributed by atoms with Gasteiger partial charge in [0.25, 0.3) is 5.95 Å². The van der Waals surface area contributed by atoms with E-state index >= 15 is 0 Å². The lowest BCUT2D eigenvalue weighted by atomic mass is 10.3. The summed E-state index contributed by atoms with van der Waals surface area (Å²) in [5.41, 5.74) is -0.470. The smallest absolute Gasteiger partial charge is 0.253 e. The fraction of sp³-hybridized carbons (Fsp3) is 0.250. The lowest BCUT2D eigenvalue weighted by molar-refractivity contribution is -0.116. The molecule has 1 rings (SSSR count).